The summed E-state index contributed by atoms with van der Waals surface area (Å²) in [5, 5.41) is 4.57. The molecule has 0 radical (unpaired) electrons. The van der Waals surface area contributed by atoms with Crippen molar-refractivity contribution in [1.29, 1.82) is 0 Å². The van der Waals surface area contributed by atoms with Gasteiger partial charge in [0.05, 0.1) is 12.8 Å². The molecule has 0 aliphatic carbocycles. The van der Waals surface area contributed by atoms with Crippen LogP contribution < -0.4 is 9.64 Å². The molecule has 9 heteroatoms. The number of amides is 2. The molecule has 0 bridgehead atoms. The summed E-state index contributed by atoms with van der Waals surface area (Å²) in [6.45, 7) is 9.04. The Hall–Kier alpha value is -3.72. The fraction of sp³-hybridized carbons (Fsp3) is 0.448. The third-order valence-electron chi connectivity index (χ3n) is 6.77. The van der Waals surface area contributed by atoms with Crippen LogP contribution in [0.15, 0.2) is 48.5 Å². The number of aryl methyl sites for hydroxylation is 1. The summed E-state index contributed by atoms with van der Waals surface area (Å²) in [6, 6.07) is 15.4. The van der Waals surface area contributed by atoms with Crippen molar-refractivity contribution in [2.75, 3.05) is 45.2 Å². The number of hydrogen-bond acceptors (Lipinski definition) is 6. The quantitative estimate of drug-likeness (QED) is 0.509. The van der Waals surface area contributed by atoms with E-state index in [0.717, 1.165) is 35.7 Å². The van der Waals surface area contributed by atoms with Gasteiger partial charge in [0.25, 0.3) is 5.91 Å². The van der Waals surface area contributed by atoms with Gasteiger partial charge in [-0.05, 0) is 68.8 Å². The summed E-state index contributed by atoms with van der Waals surface area (Å²) < 4.78 is 6.92. The van der Waals surface area contributed by atoms with Crippen molar-refractivity contribution in [3.05, 3.63) is 65.7 Å². The van der Waals surface area contributed by atoms with Crippen LogP contribution in [-0.2, 0) is 11.3 Å². The Bertz CT molecular complexity index is 1250. The molecule has 0 N–H and O–H groups in total. The van der Waals surface area contributed by atoms with E-state index in [-0.39, 0.29) is 23.6 Å². The van der Waals surface area contributed by atoms with Gasteiger partial charge >= 0.3 is 0 Å². The van der Waals surface area contributed by atoms with Gasteiger partial charge in [-0.3, -0.25) is 9.59 Å². The molecule has 1 aliphatic heterocycles. The third kappa shape index (κ3) is 6.39. The van der Waals surface area contributed by atoms with Gasteiger partial charge in [-0.2, -0.15) is 0 Å². The second-order valence-electron chi connectivity index (χ2n) is 10.2. The van der Waals surface area contributed by atoms with Gasteiger partial charge in [-0.25, -0.2) is 9.67 Å². The SMILES string of the molecule is COc1ccc(-n2nc(C(=O)N3CCN(C)CCCN(C(=O)CC(C)C)c4ccccc4C3)nc2C)cc1. The van der Waals surface area contributed by atoms with E-state index in [1.54, 1.807) is 16.7 Å². The van der Waals surface area contributed by atoms with Gasteiger partial charge in [0.2, 0.25) is 11.7 Å². The number of rotatable bonds is 5. The van der Waals surface area contributed by atoms with Crippen LogP contribution in [0.1, 0.15) is 48.7 Å². The first-order valence-electron chi connectivity index (χ1n) is 13.2. The van der Waals surface area contributed by atoms with Gasteiger partial charge in [0.1, 0.15) is 11.6 Å². The highest BCUT2D eigenvalue weighted by Crippen LogP contribution is 2.25. The Labute approximate surface area is 225 Å². The van der Waals surface area contributed by atoms with Crippen molar-refractivity contribution in [2.45, 2.75) is 40.2 Å². The molecule has 0 saturated heterocycles. The van der Waals surface area contributed by atoms with Crippen LogP contribution >= 0.6 is 0 Å². The molecule has 0 saturated carbocycles. The van der Waals surface area contributed by atoms with E-state index in [1.165, 1.54) is 0 Å². The number of para-hydroxylation sites is 1. The Morgan fingerprint density at radius 2 is 1.74 bits per heavy atom. The number of nitrogens with zero attached hydrogens (tertiary/aromatic N) is 6. The molecule has 1 aliphatic rings. The predicted octanol–water partition coefficient (Wildman–Crippen LogP) is 3.94. The lowest BCUT2D eigenvalue weighted by Crippen LogP contribution is -2.38. The van der Waals surface area contributed by atoms with Crippen LogP contribution in [-0.4, -0.2) is 76.7 Å². The van der Waals surface area contributed by atoms with Gasteiger partial charge < -0.3 is 19.4 Å². The first kappa shape index (κ1) is 27.3. The van der Waals surface area contributed by atoms with E-state index in [2.05, 4.69) is 35.9 Å². The van der Waals surface area contributed by atoms with Crippen LogP contribution in [0.25, 0.3) is 5.69 Å². The number of carbonyl (C=O) groups is 2. The second-order valence-corrected chi connectivity index (χ2v) is 10.2. The zero-order valence-corrected chi connectivity index (χ0v) is 23.1. The monoisotopic (exact) mass is 518 g/mol. The van der Waals surface area contributed by atoms with Gasteiger partial charge in [0, 0.05) is 38.3 Å². The first-order chi connectivity index (χ1) is 18.3. The molecule has 0 unspecified atom stereocenters. The van der Waals surface area contributed by atoms with E-state index in [0.29, 0.717) is 38.4 Å². The van der Waals surface area contributed by atoms with Crippen molar-refractivity contribution in [3.8, 4) is 11.4 Å². The molecule has 0 spiro atoms. The molecule has 2 aromatic carbocycles. The average Bonchev–Trinajstić information content (AvgIpc) is 3.28. The molecule has 9 nitrogen and oxygen atoms in total. The molecular formula is C29H38N6O3. The van der Waals surface area contributed by atoms with Crippen molar-refractivity contribution in [3.63, 3.8) is 0 Å². The van der Waals surface area contributed by atoms with E-state index in [4.69, 9.17) is 4.74 Å². The summed E-state index contributed by atoms with van der Waals surface area (Å²) in [7, 11) is 3.67. The average molecular weight is 519 g/mol. The minimum Gasteiger partial charge on any atom is -0.497 e. The largest absolute Gasteiger partial charge is 0.497 e. The van der Waals surface area contributed by atoms with Crippen LogP contribution in [0.5, 0.6) is 5.75 Å². The number of aromatic nitrogens is 3. The number of likely N-dealkylation sites (N-methyl/N-ethyl adjacent to an activating group) is 1. The molecule has 2 heterocycles. The van der Waals surface area contributed by atoms with Gasteiger partial charge in [0.15, 0.2) is 0 Å². The molecule has 202 valence electrons. The number of fused-ring (bicyclic) bond motifs is 1. The normalized spacial score (nSPS) is 15.2. The van der Waals surface area contributed by atoms with E-state index in [9.17, 15) is 9.59 Å². The van der Waals surface area contributed by atoms with Crippen LogP contribution in [0.3, 0.4) is 0 Å². The molecule has 0 atom stereocenters. The van der Waals surface area contributed by atoms with E-state index >= 15 is 0 Å². The summed E-state index contributed by atoms with van der Waals surface area (Å²) in [4.78, 5) is 37.5. The maximum absolute atomic E-state index is 13.8. The summed E-state index contributed by atoms with van der Waals surface area (Å²) in [5.41, 5.74) is 2.61. The molecule has 1 aromatic heterocycles. The van der Waals surface area contributed by atoms with Crippen LogP contribution in [0.2, 0.25) is 0 Å². The van der Waals surface area contributed by atoms with Crippen molar-refractivity contribution >= 4 is 17.5 Å². The van der Waals surface area contributed by atoms with Crippen molar-refractivity contribution in [1.82, 2.24) is 24.6 Å². The minimum atomic E-state index is -0.233. The van der Waals surface area contributed by atoms with Crippen LogP contribution in [0.4, 0.5) is 5.69 Å². The summed E-state index contributed by atoms with van der Waals surface area (Å²) in [6.07, 6.45) is 1.34. The Morgan fingerprint density at radius 3 is 2.45 bits per heavy atom. The fourth-order valence-electron chi connectivity index (χ4n) is 4.70. The maximum atomic E-state index is 13.8. The highest BCUT2D eigenvalue weighted by atomic mass is 16.5. The number of carbonyl (C=O) groups excluding carboxylic acids is 2. The third-order valence-corrected chi connectivity index (χ3v) is 6.77. The first-order valence-corrected chi connectivity index (χ1v) is 13.2. The highest BCUT2D eigenvalue weighted by Gasteiger charge is 2.26. The minimum absolute atomic E-state index is 0.114. The molecule has 2 amide bonds. The number of anilines is 1. The second kappa shape index (κ2) is 12.2. The molecule has 3 aromatic rings. The lowest BCUT2D eigenvalue weighted by Gasteiger charge is -2.28. The van der Waals surface area contributed by atoms with Gasteiger partial charge in [-0.15, -0.1) is 5.10 Å². The zero-order chi connectivity index (χ0) is 27.2. The fourth-order valence-corrected chi connectivity index (χ4v) is 4.70. The maximum Gasteiger partial charge on any atom is 0.293 e. The Kier molecular flexibility index (Phi) is 8.78. The molecule has 4 rings (SSSR count). The smallest absolute Gasteiger partial charge is 0.293 e. The van der Waals surface area contributed by atoms with Crippen LogP contribution in [0, 0.1) is 12.8 Å². The lowest BCUT2D eigenvalue weighted by molar-refractivity contribution is -0.119. The number of benzene rings is 2. The molecule has 38 heavy (non-hydrogen) atoms. The standard InChI is InChI=1S/C29H38N6O3/c1-21(2)19-27(36)34-16-8-15-32(4)17-18-33(20-23-9-6-7-10-26(23)34)29(37)28-30-22(3)35(31-28)24-11-13-25(38-5)14-12-24/h6-7,9-14,21H,8,15-20H2,1-5H3. The molecular weight excluding hydrogens is 480 g/mol. The highest BCUT2D eigenvalue weighted by molar-refractivity contribution is 5.94. The Balaban J connectivity index is 1.65. The lowest BCUT2D eigenvalue weighted by atomic mass is 10.1. The van der Waals surface area contributed by atoms with E-state index < -0.39 is 0 Å². The Morgan fingerprint density at radius 1 is 1.00 bits per heavy atom. The van der Waals surface area contributed by atoms with E-state index in [1.807, 2.05) is 60.4 Å². The zero-order valence-electron chi connectivity index (χ0n) is 23.1. The number of methoxy groups -OCH3 is 1. The summed E-state index contributed by atoms with van der Waals surface area (Å²) in [5.74, 6) is 1.67. The molecule has 0 fully saturated rings. The van der Waals surface area contributed by atoms with Crippen molar-refractivity contribution < 1.29 is 14.3 Å². The number of ether oxygens (including phenoxy) is 1. The summed E-state index contributed by atoms with van der Waals surface area (Å²) >= 11 is 0. The topological polar surface area (TPSA) is 83.8 Å². The van der Waals surface area contributed by atoms with Crippen molar-refractivity contribution in [2.24, 2.45) is 5.92 Å². The predicted molar refractivity (Wildman–Crippen MR) is 148 cm³/mol. The van der Waals surface area contributed by atoms with Gasteiger partial charge in [-0.1, -0.05) is 32.0 Å². The number of hydrogen-bond donors (Lipinski definition) is 0.